The highest BCUT2D eigenvalue weighted by molar-refractivity contribution is 14.0. The van der Waals surface area contributed by atoms with Crippen LogP contribution in [0.2, 0.25) is 0 Å². The minimum Gasteiger partial charge on any atom is -0.493 e. The summed E-state index contributed by atoms with van der Waals surface area (Å²) in [5.41, 5.74) is 1.21. The zero-order valence-corrected chi connectivity index (χ0v) is 21.7. The molecule has 0 bridgehead atoms. The third kappa shape index (κ3) is 6.58. The van der Waals surface area contributed by atoms with Gasteiger partial charge in [0.1, 0.15) is 12.4 Å². The first-order valence-corrected chi connectivity index (χ1v) is 10.5. The molecule has 1 aromatic heterocycles. The van der Waals surface area contributed by atoms with E-state index in [1.807, 2.05) is 36.7 Å². The predicted molar refractivity (Wildman–Crippen MR) is 137 cm³/mol. The summed E-state index contributed by atoms with van der Waals surface area (Å²) < 4.78 is 12.7. The second kappa shape index (κ2) is 12.6. The van der Waals surface area contributed by atoms with Crippen molar-refractivity contribution in [1.82, 2.24) is 29.9 Å². The zero-order chi connectivity index (χ0) is 22.2. The standard InChI is InChI=1S/C22H33N7O2.HI/c1-6-9-23-22(24-15-21-26-25-17(2)27(21)3)29-12-10-28(11-13-29)16-18-7-8-19(30-4)20(14-18)31-5;/h6-8,14H,1,9-13,15-16H2,2-5H3,(H,23,24);1H. The molecule has 0 radical (unpaired) electrons. The molecule has 32 heavy (non-hydrogen) atoms. The van der Waals surface area contributed by atoms with Gasteiger partial charge in [0, 0.05) is 46.3 Å². The average Bonchev–Trinajstić information content (AvgIpc) is 3.12. The number of nitrogens with zero attached hydrogens (tertiary/aromatic N) is 6. The second-order valence-corrected chi connectivity index (χ2v) is 7.48. The number of benzene rings is 1. The highest BCUT2D eigenvalue weighted by Crippen LogP contribution is 2.28. The third-order valence-electron chi connectivity index (χ3n) is 5.48. The summed E-state index contributed by atoms with van der Waals surface area (Å²) >= 11 is 0. The normalized spacial score (nSPS) is 14.6. The van der Waals surface area contributed by atoms with Gasteiger partial charge in [0.2, 0.25) is 0 Å². The molecule has 0 atom stereocenters. The number of aryl methyl sites for hydroxylation is 1. The van der Waals surface area contributed by atoms with Gasteiger partial charge in [0.15, 0.2) is 23.3 Å². The molecule has 2 aromatic rings. The lowest BCUT2D eigenvalue weighted by molar-refractivity contribution is 0.172. The Morgan fingerprint density at radius 3 is 2.47 bits per heavy atom. The van der Waals surface area contributed by atoms with Gasteiger partial charge < -0.3 is 24.3 Å². The fourth-order valence-electron chi connectivity index (χ4n) is 3.52. The number of halogens is 1. The molecule has 0 aliphatic carbocycles. The molecule has 1 aliphatic heterocycles. The molecule has 0 spiro atoms. The molecule has 3 rings (SSSR count). The summed E-state index contributed by atoms with van der Waals surface area (Å²) in [5.74, 6) is 4.13. The van der Waals surface area contributed by atoms with Crippen molar-refractivity contribution in [3.05, 3.63) is 48.1 Å². The lowest BCUT2D eigenvalue weighted by atomic mass is 10.1. The Hall–Kier alpha value is -2.34. The number of nitrogens with one attached hydrogen (secondary N) is 1. The maximum absolute atomic E-state index is 5.43. The summed E-state index contributed by atoms with van der Waals surface area (Å²) in [5, 5.41) is 11.7. The van der Waals surface area contributed by atoms with Crippen LogP contribution in [0, 0.1) is 6.92 Å². The summed E-state index contributed by atoms with van der Waals surface area (Å²) in [6.45, 7) is 11.5. The molecule has 1 aliphatic rings. The van der Waals surface area contributed by atoms with Gasteiger partial charge in [-0.25, -0.2) is 4.99 Å². The van der Waals surface area contributed by atoms with Crippen molar-refractivity contribution in [2.24, 2.45) is 12.0 Å². The third-order valence-corrected chi connectivity index (χ3v) is 5.48. The minimum atomic E-state index is 0. The monoisotopic (exact) mass is 555 g/mol. The van der Waals surface area contributed by atoms with E-state index in [1.54, 1.807) is 14.2 Å². The van der Waals surface area contributed by atoms with Crippen molar-refractivity contribution < 1.29 is 9.47 Å². The van der Waals surface area contributed by atoms with Crippen LogP contribution in [-0.4, -0.2) is 77.5 Å². The molecule has 0 saturated carbocycles. The van der Waals surface area contributed by atoms with Gasteiger partial charge >= 0.3 is 0 Å². The van der Waals surface area contributed by atoms with Crippen LogP contribution in [0.3, 0.4) is 0 Å². The number of aliphatic imine (C=N–C) groups is 1. The van der Waals surface area contributed by atoms with Gasteiger partial charge in [-0.1, -0.05) is 12.1 Å². The first-order chi connectivity index (χ1) is 15.0. The number of guanidine groups is 1. The van der Waals surface area contributed by atoms with Gasteiger partial charge in [0.05, 0.1) is 14.2 Å². The van der Waals surface area contributed by atoms with E-state index < -0.39 is 0 Å². The van der Waals surface area contributed by atoms with Gasteiger partial charge in [-0.3, -0.25) is 4.90 Å². The van der Waals surface area contributed by atoms with Crippen LogP contribution in [-0.2, 0) is 20.1 Å². The van der Waals surface area contributed by atoms with Crippen molar-refractivity contribution in [2.45, 2.75) is 20.0 Å². The molecule has 176 valence electrons. The molecule has 1 fully saturated rings. The van der Waals surface area contributed by atoms with Crippen molar-refractivity contribution >= 4 is 29.9 Å². The maximum atomic E-state index is 5.43. The van der Waals surface area contributed by atoms with Crippen LogP contribution in [0.4, 0.5) is 0 Å². The van der Waals surface area contributed by atoms with E-state index in [9.17, 15) is 0 Å². The molecule has 0 unspecified atom stereocenters. The van der Waals surface area contributed by atoms with Crippen LogP contribution in [0.1, 0.15) is 17.2 Å². The Kier molecular flexibility index (Phi) is 10.2. The predicted octanol–water partition coefficient (Wildman–Crippen LogP) is 2.21. The molecule has 2 heterocycles. The number of aromatic nitrogens is 3. The molecule has 1 N–H and O–H groups in total. The molecule has 9 nitrogen and oxygen atoms in total. The number of hydrogen-bond acceptors (Lipinski definition) is 6. The number of methoxy groups -OCH3 is 2. The first-order valence-electron chi connectivity index (χ1n) is 10.5. The van der Waals surface area contributed by atoms with Crippen molar-refractivity contribution in [3.8, 4) is 11.5 Å². The quantitative estimate of drug-likeness (QED) is 0.232. The van der Waals surface area contributed by atoms with E-state index in [0.29, 0.717) is 13.1 Å². The Bertz CT molecular complexity index is 908. The van der Waals surface area contributed by atoms with E-state index in [1.165, 1.54) is 5.56 Å². The highest BCUT2D eigenvalue weighted by atomic mass is 127. The molecule has 1 aromatic carbocycles. The van der Waals surface area contributed by atoms with Crippen LogP contribution in [0.15, 0.2) is 35.8 Å². The number of ether oxygens (including phenoxy) is 2. The number of hydrogen-bond donors (Lipinski definition) is 1. The van der Waals surface area contributed by atoms with Crippen LogP contribution in [0.25, 0.3) is 0 Å². The van der Waals surface area contributed by atoms with Gasteiger partial charge in [-0.2, -0.15) is 0 Å². The summed E-state index contributed by atoms with van der Waals surface area (Å²) in [6.07, 6.45) is 1.84. The van der Waals surface area contributed by atoms with Crippen LogP contribution < -0.4 is 14.8 Å². The second-order valence-electron chi connectivity index (χ2n) is 7.48. The van der Waals surface area contributed by atoms with Gasteiger partial charge in [0.25, 0.3) is 0 Å². The highest BCUT2D eigenvalue weighted by Gasteiger charge is 2.20. The Balaban J connectivity index is 0.00000363. The largest absolute Gasteiger partial charge is 0.493 e. The SMILES string of the molecule is C=CCNC(=NCc1nnc(C)n1C)N1CCN(Cc2ccc(OC)c(OC)c2)CC1.I. The summed E-state index contributed by atoms with van der Waals surface area (Å²) in [7, 11) is 5.28. The minimum absolute atomic E-state index is 0. The smallest absolute Gasteiger partial charge is 0.194 e. The lowest BCUT2D eigenvalue weighted by Gasteiger charge is -2.36. The number of piperazine rings is 1. The molecule has 10 heteroatoms. The van der Waals surface area contributed by atoms with Crippen molar-refractivity contribution in [2.75, 3.05) is 46.9 Å². The molecular weight excluding hydrogens is 521 g/mol. The van der Waals surface area contributed by atoms with E-state index in [2.05, 4.69) is 38.0 Å². The average molecular weight is 555 g/mol. The summed E-state index contributed by atoms with van der Waals surface area (Å²) in [4.78, 5) is 9.52. The Labute approximate surface area is 207 Å². The molecular formula is C22H34IN7O2. The van der Waals surface area contributed by atoms with Gasteiger partial charge in [-0.15, -0.1) is 40.8 Å². The molecule has 0 amide bonds. The Morgan fingerprint density at radius 1 is 1.16 bits per heavy atom. The molecule has 1 saturated heterocycles. The van der Waals surface area contributed by atoms with Gasteiger partial charge in [-0.05, 0) is 24.6 Å². The lowest BCUT2D eigenvalue weighted by Crippen LogP contribution is -2.52. The van der Waals surface area contributed by atoms with E-state index in [-0.39, 0.29) is 24.0 Å². The van der Waals surface area contributed by atoms with Crippen LogP contribution in [0.5, 0.6) is 11.5 Å². The topological polar surface area (TPSA) is 80.0 Å². The maximum Gasteiger partial charge on any atom is 0.194 e. The van der Waals surface area contributed by atoms with Crippen molar-refractivity contribution in [1.29, 1.82) is 0 Å². The first kappa shape index (κ1) is 25.9. The zero-order valence-electron chi connectivity index (χ0n) is 19.4. The van der Waals surface area contributed by atoms with Crippen molar-refractivity contribution in [3.63, 3.8) is 0 Å². The Morgan fingerprint density at radius 2 is 1.88 bits per heavy atom. The number of rotatable bonds is 8. The van der Waals surface area contributed by atoms with E-state index in [0.717, 1.165) is 61.8 Å². The van der Waals surface area contributed by atoms with E-state index in [4.69, 9.17) is 14.5 Å². The van der Waals surface area contributed by atoms with Crippen LogP contribution >= 0.6 is 24.0 Å². The fourth-order valence-corrected chi connectivity index (χ4v) is 3.52. The fraction of sp³-hybridized carbons (Fsp3) is 0.500. The van der Waals surface area contributed by atoms with E-state index >= 15 is 0 Å². The summed E-state index contributed by atoms with van der Waals surface area (Å²) in [6, 6.07) is 6.10.